The number of hydrogen-bond donors (Lipinski definition) is 2. The van der Waals surface area contributed by atoms with Crippen LogP contribution >= 0.6 is 0 Å². The number of nitrogens with one attached hydrogen (secondary N) is 1. The van der Waals surface area contributed by atoms with Crippen LogP contribution < -0.4 is 11.3 Å². The Bertz CT molecular complexity index is 362. The fourth-order valence-electron chi connectivity index (χ4n) is 1.87. The molecule has 0 aromatic carbocycles. The summed E-state index contributed by atoms with van der Waals surface area (Å²) in [6, 6.07) is 4.08. The molecule has 3 N–H and O–H groups in total. The molecule has 19 heavy (non-hydrogen) atoms. The van der Waals surface area contributed by atoms with Crippen LogP contribution in [0.4, 0.5) is 5.69 Å². The molecule has 0 aliphatic heterocycles. The Morgan fingerprint density at radius 3 is 2.84 bits per heavy atom. The Balaban J connectivity index is 2.68. The van der Waals surface area contributed by atoms with Gasteiger partial charge in [0.25, 0.3) is 0 Å². The van der Waals surface area contributed by atoms with Gasteiger partial charge in [0.15, 0.2) is 0 Å². The number of rotatable bonds is 9. The van der Waals surface area contributed by atoms with Crippen molar-refractivity contribution in [1.82, 2.24) is 9.88 Å². The second-order valence-corrected chi connectivity index (χ2v) is 4.45. The lowest BCUT2D eigenvalue weighted by Gasteiger charge is -2.28. The SMILES string of the molecule is COCCN(Cc1cc(NN)ccn1)C(C)COC. The van der Waals surface area contributed by atoms with E-state index < -0.39 is 0 Å². The van der Waals surface area contributed by atoms with E-state index in [9.17, 15) is 0 Å². The van der Waals surface area contributed by atoms with Crippen molar-refractivity contribution in [2.45, 2.75) is 19.5 Å². The largest absolute Gasteiger partial charge is 0.383 e. The summed E-state index contributed by atoms with van der Waals surface area (Å²) >= 11 is 0. The number of methoxy groups -OCH3 is 2. The van der Waals surface area contributed by atoms with Gasteiger partial charge >= 0.3 is 0 Å². The maximum Gasteiger partial charge on any atom is 0.0615 e. The number of pyridine rings is 1. The first-order valence-corrected chi connectivity index (χ1v) is 6.34. The van der Waals surface area contributed by atoms with Crippen LogP contribution in [0.25, 0.3) is 0 Å². The van der Waals surface area contributed by atoms with E-state index >= 15 is 0 Å². The van der Waals surface area contributed by atoms with Gasteiger partial charge in [0.2, 0.25) is 0 Å². The number of hydrazine groups is 1. The summed E-state index contributed by atoms with van der Waals surface area (Å²) < 4.78 is 10.4. The van der Waals surface area contributed by atoms with Crippen LogP contribution in [0.3, 0.4) is 0 Å². The normalized spacial score (nSPS) is 12.7. The molecule has 0 aliphatic carbocycles. The Morgan fingerprint density at radius 1 is 1.42 bits per heavy atom. The van der Waals surface area contributed by atoms with Crippen LogP contribution in [-0.2, 0) is 16.0 Å². The van der Waals surface area contributed by atoms with Gasteiger partial charge in [-0.3, -0.25) is 15.7 Å². The molecule has 0 spiro atoms. The van der Waals surface area contributed by atoms with Gasteiger partial charge in [-0.1, -0.05) is 0 Å². The lowest BCUT2D eigenvalue weighted by molar-refractivity contribution is 0.0698. The lowest BCUT2D eigenvalue weighted by atomic mass is 10.2. The molecule has 0 aliphatic rings. The molecule has 1 aromatic rings. The van der Waals surface area contributed by atoms with Gasteiger partial charge < -0.3 is 14.9 Å². The highest BCUT2D eigenvalue weighted by molar-refractivity contribution is 5.41. The first-order chi connectivity index (χ1) is 9.21. The first kappa shape index (κ1) is 15.8. The summed E-state index contributed by atoms with van der Waals surface area (Å²) in [5.41, 5.74) is 4.45. The number of anilines is 1. The molecular formula is C13H24N4O2. The third-order valence-electron chi connectivity index (χ3n) is 2.96. The Labute approximate surface area is 114 Å². The minimum atomic E-state index is 0.302. The van der Waals surface area contributed by atoms with Crippen LogP contribution in [0.5, 0.6) is 0 Å². The molecule has 108 valence electrons. The molecule has 0 fully saturated rings. The number of hydrogen-bond acceptors (Lipinski definition) is 6. The summed E-state index contributed by atoms with van der Waals surface area (Å²) in [6.45, 7) is 5.07. The van der Waals surface area contributed by atoms with Crippen molar-refractivity contribution >= 4 is 5.69 Å². The van der Waals surface area contributed by atoms with Crippen molar-refractivity contribution in [3.63, 3.8) is 0 Å². The van der Waals surface area contributed by atoms with Gasteiger partial charge in [0.05, 0.1) is 24.6 Å². The fraction of sp³-hybridized carbons (Fsp3) is 0.615. The van der Waals surface area contributed by atoms with E-state index in [1.807, 2.05) is 12.1 Å². The summed E-state index contributed by atoms with van der Waals surface area (Å²) in [7, 11) is 3.42. The third-order valence-corrected chi connectivity index (χ3v) is 2.96. The van der Waals surface area contributed by atoms with Crippen molar-refractivity contribution in [2.24, 2.45) is 5.84 Å². The van der Waals surface area contributed by atoms with Crippen molar-refractivity contribution in [3.8, 4) is 0 Å². The van der Waals surface area contributed by atoms with Crippen molar-refractivity contribution in [3.05, 3.63) is 24.0 Å². The zero-order chi connectivity index (χ0) is 14.1. The van der Waals surface area contributed by atoms with Crippen LogP contribution in [0.2, 0.25) is 0 Å². The van der Waals surface area contributed by atoms with E-state index in [1.165, 1.54) is 0 Å². The molecule has 1 atom stereocenters. The van der Waals surface area contributed by atoms with Crippen LogP contribution in [0, 0.1) is 0 Å². The molecule has 1 heterocycles. The number of nitrogen functional groups attached to an aromatic ring is 1. The van der Waals surface area contributed by atoms with Gasteiger partial charge in [-0.15, -0.1) is 0 Å². The molecule has 1 unspecified atom stereocenters. The van der Waals surface area contributed by atoms with Crippen molar-refractivity contribution in [2.75, 3.05) is 39.4 Å². The smallest absolute Gasteiger partial charge is 0.0615 e. The molecule has 0 saturated carbocycles. The minimum absolute atomic E-state index is 0.302. The highest BCUT2D eigenvalue weighted by Gasteiger charge is 2.14. The average molecular weight is 268 g/mol. The second kappa shape index (κ2) is 8.82. The zero-order valence-electron chi connectivity index (χ0n) is 11.9. The topological polar surface area (TPSA) is 72.6 Å². The average Bonchev–Trinajstić information content (AvgIpc) is 2.43. The van der Waals surface area contributed by atoms with Gasteiger partial charge in [-0.2, -0.15) is 0 Å². The zero-order valence-corrected chi connectivity index (χ0v) is 11.9. The van der Waals surface area contributed by atoms with E-state index in [-0.39, 0.29) is 0 Å². The van der Waals surface area contributed by atoms with Gasteiger partial charge in [0, 0.05) is 39.5 Å². The molecule has 6 nitrogen and oxygen atoms in total. The molecular weight excluding hydrogens is 244 g/mol. The standard InChI is InChI=1S/C13H24N4O2/c1-11(10-19-3)17(6-7-18-2)9-13-8-12(16-14)4-5-15-13/h4-5,8,11H,6-7,9-10,14H2,1-3H3,(H,15,16). The monoisotopic (exact) mass is 268 g/mol. The van der Waals surface area contributed by atoms with E-state index in [0.717, 1.165) is 24.5 Å². The molecule has 6 heteroatoms. The van der Waals surface area contributed by atoms with Crippen molar-refractivity contribution in [1.29, 1.82) is 0 Å². The second-order valence-electron chi connectivity index (χ2n) is 4.45. The third kappa shape index (κ3) is 5.52. The maximum absolute atomic E-state index is 5.41. The number of ether oxygens (including phenoxy) is 2. The van der Waals surface area contributed by atoms with Crippen LogP contribution in [0.1, 0.15) is 12.6 Å². The maximum atomic E-state index is 5.41. The highest BCUT2D eigenvalue weighted by atomic mass is 16.5. The highest BCUT2D eigenvalue weighted by Crippen LogP contribution is 2.11. The number of nitrogens with zero attached hydrogens (tertiary/aromatic N) is 2. The predicted octanol–water partition coefficient (Wildman–Crippen LogP) is 0.850. The summed E-state index contributed by atoms with van der Waals surface area (Å²) in [5, 5.41) is 0. The van der Waals surface area contributed by atoms with Crippen LogP contribution in [0.15, 0.2) is 18.3 Å². The number of nitrogens with two attached hydrogens (primary N) is 1. The molecule has 1 aromatic heterocycles. The Hall–Kier alpha value is -1.21. The molecule has 0 radical (unpaired) electrons. The quantitative estimate of drug-likeness (QED) is 0.511. The summed E-state index contributed by atoms with van der Waals surface area (Å²) in [6.07, 6.45) is 1.75. The van der Waals surface area contributed by atoms with E-state index in [2.05, 4.69) is 22.2 Å². The fourth-order valence-corrected chi connectivity index (χ4v) is 1.87. The molecule has 0 bridgehead atoms. The minimum Gasteiger partial charge on any atom is -0.383 e. The van der Waals surface area contributed by atoms with Gasteiger partial charge in [0.1, 0.15) is 0 Å². The Morgan fingerprint density at radius 2 is 2.21 bits per heavy atom. The summed E-state index contributed by atoms with van der Waals surface area (Å²) in [5.74, 6) is 5.41. The molecule has 0 saturated heterocycles. The first-order valence-electron chi connectivity index (χ1n) is 6.34. The van der Waals surface area contributed by atoms with Gasteiger partial charge in [-0.25, -0.2) is 0 Å². The lowest BCUT2D eigenvalue weighted by Crippen LogP contribution is -2.38. The molecule has 1 rings (SSSR count). The van der Waals surface area contributed by atoms with E-state index in [1.54, 1.807) is 20.4 Å². The van der Waals surface area contributed by atoms with Crippen LogP contribution in [-0.4, -0.2) is 49.9 Å². The molecule has 0 amide bonds. The van der Waals surface area contributed by atoms with Crippen molar-refractivity contribution < 1.29 is 9.47 Å². The van der Waals surface area contributed by atoms with E-state index in [4.69, 9.17) is 15.3 Å². The van der Waals surface area contributed by atoms with Gasteiger partial charge in [-0.05, 0) is 19.1 Å². The Kier molecular flexibility index (Phi) is 7.35. The number of aromatic nitrogens is 1. The predicted molar refractivity (Wildman–Crippen MR) is 75.7 cm³/mol. The summed E-state index contributed by atoms with van der Waals surface area (Å²) in [4.78, 5) is 6.63. The van der Waals surface area contributed by atoms with E-state index in [0.29, 0.717) is 19.3 Å².